The summed E-state index contributed by atoms with van der Waals surface area (Å²) in [6, 6.07) is 0. The van der Waals surface area contributed by atoms with Crippen molar-refractivity contribution in [3.05, 3.63) is 0 Å². The molecule has 46 heavy (non-hydrogen) atoms. The average Bonchev–Trinajstić information content (AvgIpc) is 3.05. The summed E-state index contributed by atoms with van der Waals surface area (Å²) in [6.45, 7) is 8.90. The van der Waals surface area contributed by atoms with Crippen molar-refractivity contribution < 1.29 is 28.6 Å². The maximum absolute atomic E-state index is 12.6. The number of carbonyl (C=O) groups is 3. The Morgan fingerprint density at radius 1 is 0.435 bits per heavy atom. The highest BCUT2D eigenvalue weighted by Gasteiger charge is 2.19. The Bertz CT molecular complexity index is 693. The van der Waals surface area contributed by atoms with E-state index in [-0.39, 0.29) is 31.1 Å². The minimum Gasteiger partial charge on any atom is -0.462 e. The third-order valence-electron chi connectivity index (χ3n) is 9.15. The Hall–Kier alpha value is -1.59. The molecule has 0 aliphatic rings. The van der Waals surface area contributed by atoms with Crippen LogP contribution in [0.1, 0.15) is 214 Å². The largest absolute Gasteiger partial charge is 0.462 e. The maximum atomic E-state index is 12.6. The summed E-state index contributed by atoms with van der Waals surface area (Å²) >= 11 is 0. The Balaban J connectivity index is 4.36. The molecule has 0 saturated heterocycles. The van der Waals surface area contributed by atoms with E-state index in [1.165, 1.54) is 109 Å². The SMILES string of the molecule is CCCCCCCCCCCC(=O)OC[C@H](COC(=O)CCCCCCCCC(C)CC)OC(=O)CCCCCCCCCCC. The summed E-state index contributed by atoms with van der Waals surface area (Å²) in [7, 11) is 0. The summed E-state index contributed by atoms with van der Waals surface area (Å²) in [5.74, 6) is -0.0560. The van der Waals surface area contributed by atoms with Gasteiger partial charge in [0.15, 0.2) is 6.10 Å². The quantitative estimate of drug-likeness (QED) is 0.0385. The molecule has 272 valence electrons. The minimum atomic E-state index is -0.757. The zero-order valence-electron chi connectivity index (χ0n) is 31.0. The van der Waals surface area contributed by atoms with Crippen LogP contribution < -0.4 is 0 Å². The topological polar surface area (TPSA) is 78.9 Å². The molecule has 6 nitrogen and oxygen atoms in total. The van der Waals surface area contributed by atoms with Crippen molar-refractivity contribution in [3.63, 3.8) is 0 Å². The van der Waals surface area contributed by atoms with E-state index in [1.807, 2.05) is 0 Å². The number of hydrogen-bond acceptors (Lipinski definition) is 6. The smallest absolute Gasteiger partial charge is 0.306 e. The molecule has 0 spiro atoms. The van der Waals surface area contributed by atoms with Gasteiger partial charge in [0.25, 0.3) is 0 Å². The summed E-state index contributed by atoms with van der Waals surface area (Å²) in [5, 5.41) is 0. The predicted octanol–water partition coefficient (Wildman–Crippen LogP) is 12.0. The van der Waals surface area contributed by atoms with Crippen LogP contribution in [0.3, 0.4) is 0 Å². The van der Waals surface area contributed by atoms with Crippen molar-refractivity contribution in [2.75, 3.05) is 13.2 Å². The molecule has 0 amide bonds. The zero-order chi connectivity index (χ0) is 33.9. The number of unbranched alkanes of at least 4 members (excludes halogenated alkanes) is 21. The molecule has 0 bridgehead atoms. The third-order valence-corrected chi connectivity index (χ3v) is 9.15. The van der Waals surface area contributed by atoms with Gasteiger partial charge in [0, 0.05) is 19.3 Å². The van der Waals surface area contributed by atoms with Gasteiger partial charge in [-0.3, -0.25) is 14.4 Å². The van der Waals surface area contributed by atoms with Gasteiger partial charge in [0.1, 0.15) is 13.2 Å². The van der Waals surface area contributed by atoms with Gasteiger partial charge in [0.05, 0.1) is 0 Å². The van der Waals surface area contributed by atoms with E-state index in [0.717, 1.165) is 63.7 Å². The highest BCUT2D eigenvalue weighted by molar-refractivity contribution is 5.71. The van der Waals surface area contributed by atoms with Gasteiger partial charge in [0.2, 0.25) is 0 Å². The molecule has 0 rings (SSSR count). The van der Waals surface area contributed by atoms with E-state index in [0.29, 0.717) is 19.3 Å². The Labute approximate surface area is 285 Å². The molecule has 0 heterocycles. The van der Waals surface area contributed by atoms with Crippen molar-refractivity contribution in [3.8, 4) is 0 Å². The summed E-state index contributed by atoms with van der Waals surface area (Å²) in [6.07, 6.45) is 30.9. The van der Waals surface area contributed by atoms with Gasteiger partial charge in [-0.25, -0.2) is 0 Å². The maximum Gasteiger partial charge on any atom is 0.306 e. The second-order valence-electron chi connectivity index (χ2n) is 13.8. The van der Waals surface area contributed by atoms with Crippen molar-refractivity contribution in [1.29, 1.82) is 0 Å². The molecule has 1 unspecified atom stereocenters. The summed E-state index contributed by atoms with van der Waals surface area (Å²) in [5.41, 5.74) is 0. The first-order valence-electron chi connectivity index (χ1n) is 19.9. The molecule has 0 aliphatic heterocycles. The van der Waals surface area contributed by atoms with E-state index in [4.69, 9.17) is 14.2 Å². The van der Waals surface area contributed by atoms with Crippen LogP contribution in [0.15, 0.2) is 0 Å². The summed E-state index contributed by atoms with van der Waals surface area (Å²) < 4.78 is 16.6. The van der Waals surface area contributed by atoms with Crippen LogP contribution >= 0.6 is 0 Å². The van der Waals surface area contributed by atoms with Gasteiger partial charge in [-0.05, 0) is 25.2 Å². The van der Waals surface area contributed by atoms with Crippen molar-refractivity contribution in [1.82, 2.24) is 0 Å². The molecule has 0 radical (unpaired) electrons. The minimum absolute atomic E-state index is 0.0658. The number of esters is 3. The number of hydrogen-bond donors (Lipinski definition) is 0. The number of ether oxygens (including phenoxy) is 3. The third kappa shape index (κ3) is 32.4. The number of carbonyl (C=O) groups excluding carboxylic acids is 3. The highest BCUT2D eigenvalue weighted by Crippen LogP contribution is 2.16. The fraction of sp³-hybridized carbons (Fsp3) is 0.925. The van der Waals surface area contributed by atoms with Crippen LogP contribution in [-0.4, -0.2) is 37.2 Å². The second kappa shape index (κ2) is 34.7. The predicted molar refractivity (Wildman–Crippen MR) is 192 cm³/mol. The molecule has 0 N–H and O–H groups in total. The van der Waals surface area contributed by atoms with Gasteiger partial charge in [-0.15, -0.1) is 0 Å². The van der Waals surface area contributed by atoms with Crippen LogP contribution in [-0.2, 0) is 28.6 Å². The zero-order valence-corrected chi connectivity index (χ0v) is 31.0. The van der Waals surface area contributed by atoms with Gasteiger partial charge in [-0.1, -0.05) is 175 Å². The van der Waals surface area contributed by atoms with E-state index < -0.39 is 6.10 Å². The van der Waals surface area contributed by atoms with Crippen LogP contribution in [0.25, 0.3) is 0 Å². The van der Waals surface area contributed by atoms with Gasteiger partial charge in [-0.2, -0.15) is 0 Å². The lowest BCUT2D eigenvalue weighted by Gasteiger charge is -2.18. The van der Waals surface area contributed by atoms with E-state index in [2.05, 4.69) is 27.7 Å². The molecule has 2 atom stereocenters. The Kier molecular flexibility index (Phi) is 33.5. The molecule has 6 heteroatoms. The van der Waals surface area contributed by atoms with Crippen LogP contribution in [0.5, 0.6) is 0 Å². The monoisotopic (exact) mass is 653 g/mol. The fourth-order valence-electron chi connectivity index (χ4n) is 5.71. The Morgan fingerprint density at radius 3 is 1.13 bits per heavy atom. The average molecular weight is 653 g/mol. The molecule has 0 fully saturated rings. The molecule has 0 aliphatic carbocycles. The molecule has 0 aromatic heterocycles. The van der Waals surface area contributed by atoms with Crippen LogP contribution in [0.2, 0.25) is 0 Å². The lowest BCUT2D eigenvalue weighted by molar-refractivity contribution is -0.167. The normalized spacial score (nSPS) is 12.5. The number of rotatable bonds is 35. The van der Waals surface area contributed by atoms with E-state index in [1.54, 1.807) is 0 Å². The standard InChI is InChI=1S/C40H76O6/c1-5-8-10-12-14-16-18-23-27-31-38(41)44-34-37(46-40(43)33-29-25-19-17-15-13-11-9-6-2)35-45-39(42)32-28-24-21-20-22-26-30-36(4)7-3/h36-37H,5-35H2,1-4H3/t36?,37-/m1/s1. The van der Waals surface area contributed by atoms with Crippen LogP contribution in [0.4, 0.5) is 0 Å². The fourth-order valence-corrected chi connectivity index (χ4v) is 5.71. The Morgan fingerprint density at radius 2 is 0.761 bits per heavy atom. The molecule has 0 saturated carbocycles. The lowest BCUT2D eigenvalue weighted by Crippen LogP contribution is -2.30. The van der Waals surface area contributed by atoms with Crippen LogP contribution in [0, 0.1) is 5.92 Å². The first-order chi connectivity index (χ1) is 22.4. The highest BCUT2D eigenvalue weighted by atomic mass is 16.6. The van der Waals surface area contributed by atoms with E-state index >= 15 is 0 Å². The lowest BCUT2D eigenvalue weighted by atomic mass is 10.00. The first kappa shape index (κ1) is 44.4. The second-order valence-corrected chi connectivity index (χ2v) is 13.8. The first-order valence-corrected chi connectivity index (χ1v) is 19.9. The summed E-state index contributed by atoms with van der Waals surface area (Å²) in [4.78, 5) is 37.4. The molecular weight excluding hydrogens is 576 g/mol. The van der Waals surface area contributed by atoms with Crippen molar-refractivity contribution in [2.45, 2.75) is 220 Å². The van der Waals surface area contributed by atoms with E-state index in [9.17, 15) is 14.4 Å². The molecular formula is C40H76O6. The molecule has 0 aromatic rings. The van der Waals surface area contributed by atoms with Crippen molar-refractivity contribution >= 4 is 17.9 Å². The van der Waals surface area contributed by atoms with Gasteiger partial charge >= 0.3 is 17.9 Å². The van der Waals surface area contributed by atoms with Gasteiger partial charge < -0.3 is 14.2 Å². The molecule has 0 aromatic carbocycles. The van der Waals surface area contributed by atoms with Crippen molar-refractivity contribution in [2.24, 2.45) is 5.92 Å².